The van der Waals surface area contributed by atoms with Crippen LogP contribution in [0, 0.1) is 20.8 Å². The lowest BCUT2D eigenvalue weighted by atomic mass is 9.94. The van der Waals surface area contributed by atoms with Crippen molar-refractivity contribution < 1.29 is 0 Å². The van der Waals surface area contributed by atoms with Gasteiger partial charge in [-0.3, -0.25) is 0 Å². The SMILES string of the molecule is CCNC(Cc1cc(C)ccc1C)c1cccc(C)c1Br. The summed E-state index contributed by atoms with van der Waals surface area (Å²) in [5.74, 6) is 0. The Bertz CT molecular complexity index is 619. The smallest absolute Gasteiger partial charge is 0.0372 e. The standard InChI is InChI=1S/C19H24BrN/c1-5-21-18(17-8-6-7-15(4)19(17)20)12-16-11-13(2)9-10-14(16)3/h6-11,18,21H,5,12H2,1-4H3. The number of aryl methyl sites for hydroxylation is 3. The van der Waals surface area contributed by atoms with Crippen LogP contribution in [0.2, 0.25) is 0 Å². The maximum absolute atomic E-state index is 3.76. The molecule has 21 heavy (non-hydrogen) atoms. The topological polar surface area (TPSA) is 12.0 Å². The zero-order valence-corrected chi connectivity index (χ0v) is 14.9. The van der Waals surface area contributed by atoms with Crippen LogP contribution < -0.4 is 5.32 Å². The zero-order valence-electron chi connectivity index (χ0n) is 13.3. The number of rotatable bonds is 5. The fourth-order valence-corrected chi connectivity index (χ4v) is 3.26. The molecule has 0 fully saturated rings. The van der Waals surface area contributed by atoms with Gasteiger partial charge >= 0.3 is 0 Å². The van der Waals surface area contributed by atoms with Crippen molar-refractivity contribution in [1.29, 1.82) is 0 Å². The molecule has 0 radical (unpaired) electrons. The molecule has 0 spiro atoms. The summed E-state index contributed by atoms with van der Waals surface area (Å²) >= 11 is 3.76. The lowest BCUT2D eigenvalue weighted by Crippen LogP contribution is -2.23. The quantitative estimate of drug-likeness (QED) is 0.778. The van der Waals surface area contributed by atoms with Gasteiger partial charge < -0.3 is 5.32 Å². The Morgan fingerprint density at radius 1 is 1.05 bits per heavy atom. The molecule has 0 aliphatic heterocycles. The summed E-state index contributed by atoms with van der Waals surface area (Å²) in [4.78, 5) is 0. The van der Waals surface area contributed by atoms with Crippen LogP contribution in [0.25, 0.3) is 0 Å². The van der Waals surface area contributed by atoms with Crippen LogP contribution >= 0.6 is 15.9 Å². The Balaban J connectivity index is 2.35. The van der Waals surface area contributed by atoms with Gasteiger partial charge in [0.05, 0.1) is 0 Å². The van der Waals surface area contributed by atoms with Crippen LogP contribution in [-0.2, 0) is 6.42 Å². The number of likely N-dealkylation sites (N-methyl/N-ethyl adjacent to an activating group) is 1. The summed E-state index contributed by atoms with van der Waals surface area (Å²) in [6.45, 7) is 9.64. The third-order valence-electron chi connectivity index (χ3n) is 3.98. The molecule has 2 aromatic rings. The Kier molecular flexibility index (Phi) is 5.60. The van der Waals surface area contributed by atoms with E-state index in [-0.39, 0.29) is 0 Å². The van der Waals surface area contributed by atoms with Crippen LogP contribution in [0.1, 0.15) is 40.8 Å². The van der Waals surface area contributed by atoms with Gasteiger partial charge in [0.1, 0.15) is 0 Å². The number of nitrogens with one attached hydrogen (secondary N) is 1. The molecule has 1 nitrogen and oxygen atoms in total. The number of hydrogen-bond donors (Lipinski definition) is 1. The van der Waals surface area contributed by atoms with Crippen LogP contribution in [0.3, 0.4) is 0 Å². The molecule has 2 aromatic carbocycles. The van der Waals surface area contributed by atoms with E-state index in [9.17, 15) is 0 Å². The van der Waals surface area contributed by atoms with Gasteiger partial charge in [-0.25, -0.2) is 0 Å². The highest BCUT2D eigenvalue weighted by Gasteiger charge is 2.16. The molecule has 0 aliphatic rings. The van der Waals surface area contributed by atoms with Gasteiger partial charge in [0, 0.05) is 10.5 Å². The molecule has 0 aromatic heterocycles. The molecule has 0 heterocycles. The minimum atomic E-state index is 0.338. The molecule has 0 aliphatic carbocycles. The molecule has 1 atom stereocenters. The molecule has 0 bridgehead atoms. The van der Waals surface area contributed by atoms with Crippen LogP contribution in [-0.4, -0.2) is 6.54 Å². The Hall–Kier alpha value is -1.12. The van der Waals surface area contributed by atoms with Crippen molar-refractivity contribution in [2.75, 3.05) is 6.54 Å². The van der Waals surface area contributed by atoms with Crippen molar-refractivity contribution in [3.05, 3.63) is 68.7 Å². The summed E-state index contributed by atoms with van der Waals surface area (Å²) in [6.07, 6.45) is 1.02. The predicted molar refractivity (Wildman–Crippen MR) is 94.9 cm³/mol. The molecular formula is C19H24BrN. The van der Waals surface area contributed by atoms with E-state index in [2.05, 4.69) is 85.3 Å². The average molecular weight is 346 g/mol. The van der Waals surface area contributed by atoms with Gasteiger partial charge in [0.15, 0.2) is 0 Å². The van der Waals surface area contributed by atoms with E-state index >= 15 is 0 Å². The van der Waals surface area contributed by atoms with Crippen molar-refractivity contribution in [2.24, 2.45) is 0 Å². The summed E-state index contributed by atoms with van der Waals surface area (Å²) in [7, 11) is 0. The Morgan fingerprint density at radius 2 is 1.81 bits per heavy atom. The van der Waals surface area contributed by atoms with E-state index in [1.165, 1.54) is 32.3 Å². The molecule has 112 valence electrons. The van der Waals surface area contributed by atoms with E-state index < -0.39 is 0 Å². The number of halogens is 1. The van der Waals surface area contributed by atoms with Crippen molar-refractivity contribution >= 4 is 15.9 Å². The second-order valence-corrected chi connectivity index (χ2v) is 6.52. The highest BCUT2D eigenvalue weighted by molar-refractivity contribution is 9.10. The second kappa shape index (κ2) is 7.24. The van der Waals surface area contributed by atoms with E-state index in [4.69, 9.17) is 0 Å². The summed E-state index contributed by atoms with van der Waals surface area (Å²) in [6, 6.07) is 13.6. The fourth-order valence-electron chi connectivity index (χ4n) is 2.72. The highest BCUT2D eigenvalue weighted by atomic mass is 79.9. The van der Waals surface area contributed by atoms with E-state index in [0.29, 0.717) is 6.04 Å². The van der Waals surface area contributed by atoms with Gasteiger partial charge in [0.25, 0.3) is 0 Å². The normalized spacial score (nSPS) is 12.4. The minimum absolute atomic E-state index is 0.338. The number of hydrogen-bond acceptors (Lipinski definition) is 1. The van der Waals surface area contributed by atoms with Gasteiger partial charge in [-0.05, 0) is 56.0 Å². The average Bonchev–Trinajstić information content (AvgIpc) is 2.45. The van der Waals surface area contributed by atoms with Crippen molar-refractivity contribution in [1.82, 2.24) is 5.32 Å². The molecule has 0 saturated carbocycles. The van der Waals surface area contributed by atoms with E-state index in [0.717, 1.165) is 13.0 Å². The van der Waals surface area contributed by atoms with E-state index in [1.807, 2.05) is 0 Å². The van der Waals surface area contributed by atoms with E-state index in [1.54, 1.807) is 0 Å². The zero-order chi connectivity index (χ0) is 15.4. The van der Waals surface area contributed by atoms with Crippen LogP contribution in [0.15, 0.2) is 40.9 Å². The Labute approximate surface area is 136 Å². The third-order valence-corrected chi connectivity index (χ3v) is 5.06. The Morgan fingerprint density at radius 3 is 2.52 bits per heavy atom. The molecule has 1 unspecified atom stereocenters. The summed E-state index contributed by atoms with van der Waals surface area (Å²) in [5, 5.41) is 3.63. The van der Waals surface area contributed by atoms with Crippen LogP contribution in [0.5, 0.6) is 0 Å². The molecule has 2 rings (SSSR count). The molecule has 2 heteroatoms. The first kappa shape index (κ1) is 16.3. The van der Waals surface area contributed by atoms with Crippen molar-refractivity contribution in [3.63, 3.8) is 0 Å². The summed E-state index contributed by atoms with van der Waals surface area (Å²) < 4.78 is 1.22. The van der Waals surface area contributed by atoms with Gasteiger partial charge in [0.2, 0.25) is 0 Å². The maximum Gasteiger partial charge on any atom is 0.0372 e. The lowest BCUT2D eigenvalue weighted by Gasteiger charge is -2.22. The van der Waals surface area contributed by atoms with Crippen molar-refractivity contribution in [2.45, 2.75) is 40.2 Å². The largest absolute Gasteiger partial charge is 0.310 e. The highest BCUT2D eigenvalue weighted by Crippen LogP contribution is 2.29. The maximum atomic E-state index is 3.76. The summed E-state index contributed by atoms with van der Waals surface area (Å²) in [5.41, 5.74) is 6.75. The number of benzene rings is 2. The first-order chi connectivity index (χ1) is 10.0. The second-order valence-electron chi connectivity index (χ2n) is 5.72. The van der Waals surface area contributed by atoms with Gasteiger partial charge in [-0.1, -0.05) is 64.8 Å². The van der Waals surface area contributed by atoms with Crippen molar-refractivity contribution in [3.8, 4) is 0 Å². The first-order valence-corrected chi connectivity index (χ1v) is 8.36. The van der Waals surface area contributed by atoms with Crippen LogP contribution in [0.4, 0.5) is 0 Å². The van der Waals surface area contributed by atoms with Gasteiger partial charge in [-0.15, -0.1) is 0 Å². The molecule has 1 N–H and O–H groups in total. The first-order valence-electron chi connectivity index (χ1n) is 7.57. The monoisotopic (exact) mass is 345 g/mol. The minimum Gasteiger partial charge on any atom is -0.310 e. The predicted octanol–water partition coefficient (Wildman–Crippen LogP) is 5.27. The van der Waals surface area contributed by atoms with Gasteiger partial charge in [-0.2, -0.15) is 0 Å². The molecule has 0 saturated heterocycles. The molecular weight excluding hydrogens is 322 g/mol. The third kappa shape index (κ3) is 3.96. The lowest BCUT2D eigenvalue weighted by molar-refractivity contribution is 0.546. The fraction of sp³-hybridized carbons (Fsp3) is 0.368. The molecule has 0 amide bonds.